The van der Waals surface area contributed by atoms with Crippen molar-refractivity contribution >= 4 is 17.4 Å². The first-order valence-electron chi connectivity index (χ1n) is 7.76. The lowest BCUT2D eigenvalue weighted by Crippen LogP contribution is -2.53. The minimum absolute atomic E-state index is 0.0323. The number of aromatic hydroxyl groups is 1. The van der Waals surface area contributed by atoms with Crippen molar-refractivity contribution in [2.45, 2.75) is 13.0 Å². The summed E-state index contributed by atoms with van der Waals surface area (Å²) >= 11 is 0. The molecule has 1 aliphatic heterocycles. The van der Waals surface area contributed by atoms with Crippen LogP contribution in [-0.2, 0) is 4.79 Å². The van der Waals surface area contributed by atoms with E-state index in [1.807, 2.05) is 19.1 Å². The fraction of sp³-hybridized carbons (Fsp3) is 0.294. The Kier molecular flexibility index (Phi) is 4.24. The number of amides is 1. The highest BCUT2D eigenvalue weighted by Gasteiger charge is 2.27. The van der Waals surface area contributed by atoms with Crippen molar-refractivity contribution in [2.24, 2.45) is 0 Å². The van der Waals surface area contributed by atoms with Crippen LogP contribution in [0.4, 0.5) is 11.5 Å². The summed E-state index contributed by atoms with van der Waals surface area (Å²) in [5.74, 6) is 0.303. The van der Waals surface area contributed by atoms with E-state index < -0.39 is 0 Å². The zero-order valence-electron chi connectivity index (χ0n) is 13.5. The largest absolute Gasteiger partial charge is 0.507 e. The number of nitrogens with two attached hydrogens (primary N) is 1. The molecule has 1 atom stereocenters. The number of benzene rings is 1. The van der Waals surface area contributed by atoms with Crippen LogP contribution >= 0.6 is 0 Å². The van der Waals surface area contributed by atoms with Crippen molar-refractivity contribution in [2.75, 3.05) is 30.3 Å². The van der Waals surface area contributed by atoms with E-state index in [9.17, 15) is 9.90 Å². The second kappa shape index (κ2) is 6.35. The lowest BCUT2D eigenvalue weighted by Gasteiger charge is -2.40. The van der Waals surface area contributed by atoms with Gasteiger partial charge in [-0.05, 0) is 25.1 Å². The Morgan fingerprint density at radius 3 is 2.75 bits per heavy atom. The average Bonchev–Trinajstić information content (AvgIpc) is 2.55. The lowest BCUT2D eigenvalue weighted by atomic mass is 10.1. The summed E-state index contributed by atoms with van der Waals surface area (Å²) in [6.45, 7) is 7.32. The molecule has 24 heavy (non-hydrogen) atoms. The summed E-state index contributed by atoms with van der Waals surface area (Å²) in [5.41, 5.74) is 7.92. The normalized spacial score (nSPS) is 17.8. The molecule has 1 amide bonds. The quantitative estimate of drug-likeness (QED) is 0.864. The fourth-order valence-electron chi connectivity index (χ4n) is 3.01. The van der Waals surface area contributed by atoms with Crippen LogP contribution in [0.5, 0.6) is 5.75 Å². The number of carbonyl (C=O) groups is 1. The Balaban J connectivity index is 1.91. The monoisotopic (exact) mass is 326 g/mol. The smallest absolute Gasteiger partial charge is 0.223 e. The molecule has 1 unspecified atom stereocenters. The molecule has 1 aromatic carbocycles. The molecule has 7 nitrogen and oxygen atoms in total. The van der Waals surface area contributed by atoms with Crippen molar-refractivity contribution in [1.82, 2.24) is 15.1 Å². The van der Waals surface area contributed by atoms with E-state index >= 15 is 0 Å². The molecule has 125 valence electrons. The molecule has 1 aliphatic rings. The Bertz CT molecular complexity index is 764. The first-order chi connectivity index (χ1) is 11.5. The second-order valence-electron chi connectivity index (χ2n) is 5.90. The standard InChI is InChI=1S/C17H20N5O2/c1-11-10-21(7-8-22(11)12(2)23)15-9-14(19-20-17(15)18)13-5-3-4-6-16(13)24/h3-6,9,11,24H,2,7-8,10H2,1H3,(H2,18,20). The summed E-state index contributed by atoms with van der Waals surface area (Å²) in [5, 5.41) is 18.1. The van der Waals surface area contributed by atoms with Gasteiger partial charge in [0.2, 0.25) is 5.91 Å². The molecule has 1 saturated heterocycles. The van der Waals surface area contributed by atoms with Crippen molar-refractivity contribution in [3.05, 3.63) is 37.3 Å². The average molecular weight is 326 g/mol. The van der Waals surface area contributed by atoms with Crippen LogP contribution in [0.2, 0.25) is 0 Å². The van der Waals surface area contributed by atoms with E-state index in [1.54, 1.807) is 23.1 Å². The second-order valence-corrected chi connectivity index (χ2v) is 5.90. The number of para-hydroxylation sites is 1. The van der Waals surface area contributed by atoms with E-state index in [2.05, 4.69) is 22.0 Å². The number of rotatable bonds is 2. The van der Waals surface area contributed by atoms with Gasteiger partial charge in [0, 0.05) is 38.2 Å². The third-order valence-electron chi connectivity index (χ3n) is 4.27. The predicted octanol–water partition coefficient (Wildman–Crippen LogP) is 1.30. The molecule has 3 N–H and O–H groups in total. The fourth-order valence-corrected chi connectivity index (χ4v) is 3.01. The highest BCUT2D eigenvalue weighted by atomic mass is 16.3. The SMILES string of the molecule is [CH2]C(=O)N1CCN(c2cc(-c3ccccc3O)nnc2N)CC1C. The number of piperazine rings is 1. The van der Waals surface area contributed by atoms with Crippen LogP contribution in [-0.4, -0.2) is 51.8 Å². The van der Waals surface area contributed by atoms with Gasteiger partial charge in [-0.3, -0.25) is 4.79 Å². The summed E-state index contributed by atoms with van der Waals surface area (Å²) in [6.07, 6.45) is 0. The number of anilines is 2. The minimum Gasteiger partial charge on any atom is -0.507 e. The van der Waals surface area contributed by atoms with Gasteiger partial charge in [-0.1, -0.05) is 12.1 Å². The van der Waals surface area contributed by atoms with Crippen LogP contribution in [0.15, 0.2) is 30.3 Å². The molecule has 0 spiro atoms. The summed E-state index contributed by atoms with van der Waals surface area (Å²) < 4.78 is 0. The first-order valence-corrected chi connectivity index (χ1v) is 7.76. The predicted molar refractivity (Wildman–Crippen MR) is 92.3 cm³/mol. The molecule has 2 heterocycles. The van der Waals surface area contributed by atoms with Crippen molar-refractivity contribution in [3.63, 3.8) is 0 Å². The molecule has 1 aromatic heterocycles. The van der Waals surface area contributed by atoms with Gasteiger partial charge in [0.05, 0.1) is 11.4 Å². The van der Waals surface area contributed by atoms with Crippen molar-refractivity contribution in [3.8, 4) is 17.0 Å². The maximum Gasteiger partial charge on any atom is 0.223 e. The third kappa shape index (κ3) is 2.97. The molecule has 2 aromatic rings. The number of nitrogens with zero attached hydrogens (tertiary/aromatic N) is 4. The number of phenols is 1. The lowest BCUT2D eigenvalue weighted by molar-refractivity contribution is -0.128. The van der Waals surface area contributed by atoms with E-state index in [4.69, 9.17) is 5.73 Å². The Morgan fingerprint density at radius 2 is 2.08 bits per heavy atom. The van der Waals surface area contributed by atoms with Gasteiger partial charge in [0.15, 0.2) is 5.82 Å². The summed E-state index contributed by atoms with van der Waals surface area (Å²) in [6, 6.07) is 8.82. The molecule has 7 heteroatoms. The van der Waals surface area contributed by atoms with Crippen molar-refractivity contribution in [1.29, 1.82) is 0 Å². The minimum atomic E-state index is -0.169. The topological polar surface area (TPSA) is 95.6 Å². The molecule has 0 saturated carbocycles. The number of phenolic OH excluding ortho intramolecular Hbond substituents is 1. The Morgan fingerprint density at radius 1 is 1.33 bits per heavy atom. The van der Waals surface area contributed by atoms with E-state index in [0.717, 1.165) is 5.69 Å². The molecule has 0 aliphatic carbocycles. The number of aromatic nitrogens is 2. The summed E-state index contributed by atoms with van der Waals surface area (Å²) in [4.78, 5) is 15.3. The zero-order chi connectivity index (χ0) is 17.3. The van der Waals surface area contributed by atoms with Crippen LogP contribution in [0.25, 0.3) is 11.3 Å². The van der Waals surface area contributed by atoms with Gasteiger partial charge in [-0.15, -0.1) is 10.2 Å². The van der Waals surface area contributed by atoms with Crippen molar-refractivity contribution < 1.29 is 9.90 Å². The van der Waals surface area contributed by atoms with Crippen LogP contribution < -0.4 is 10.6 Å². The van der Waals surface area contributed by atoms with Gasteiger partial charge in [0.25, 0.3) is 0 Å². The van der Waals surface area contributed by atoms with Gasteiger partial charge >= 0.3 is 0 Å². The maximum absolute atomic E-state index is 11.5. The van der Waals surface area contributed by atoms with E-state index in [-0.39, 0.29) is 17.7 Å². The maximum atomic E-state index is 11.5. The van der Waals surface area contributed by atoms with E-state index in [1.165, 1.54) is 0 Å². The highest BCUT2D eigenvalue weighted by Crippen LogP contribution is 2.32. The van der Waals surface area contributed by atoms with Gasteiger partial charge < -0.3 is 20.6 Å². The molecular formula is C17H20N5O2. The van der Waals surface area contributed by atoms with Crippen LogP contribution in [0, 0.1) is 6.92 Å². The molecule has 3 rings (SSSR count). The summed E-state index contributed by atoms with van der Waals surface area (Å²) in [7, 11) is 0. The third-order valence-corrected chi connectivity index (χ3v) is 4.27. The first kappa shape index (κ1) is 16.0. The van der Waals surface area contributed by atoms with Gasteiger partial charge in [0.1, 0.15) is 5.75 Å². The zero-order valence-corrected chi connectivity index (χ0v) is 13.5. The molecule has 1 radical (unpaired) electrons. The molecular weight excluding hydrogens is 306 g/mol. The number of carbonyl (C=O) groups excluding carboxylic acids is 1. The van der Waals surface area contributed by atoms with E-state index in [0.29, 0.717) is 36.7 Å². The van der Waals surface area contributed by atoms with Gasteiger partial charge in [-0.2, -0.15) is 0 Å². The number of nitrogen functional groups attached to an aromatic ring is 1. The van der Waals surface area contributed by atoms with Crippen LogP contribution in [0.3, 0.4) is 0 Å². The van der Waals surface area contributed by atoms with Gasteiger partial charge in [-0.25, -0.2) is 0 Å². The Hall–Kier alpha value is -2.83. The number of hydrogen-bond donors (Lipinski definition) is 2. The molecule has 0 bridgehead atoms. The molecule has 1 fully saturated rings. The van der Waals surface area contributed by atoms with Crippen LogP contribution in [0.1, 0.15) is 6.92 Å². The Labute approximate surface area is 140 Å². The number of hydrogen-bond acceptors (Lipinski definition) is 6. The highest BCUT2D eigenvalue weighted by molar-refractivity contribution is 5.81.